The monoisotopic (exact) mass is 295 g/mol. The van der Waals surface area contributed by atoms with Gasteiger partial charge in [-0.25, -0.2) is 0 Å². The minimum absolute atomic E-state index is 0.0415. The lowest BCUT2D eigenvalue weighted by atomic mass is 10.2. The largest absolute Gasteiger partial charge is 0.325 e. The van der Waals surface area contributed by atoms with Crippen LogP contribution in [0.15, 0.2) is 24.3 Å². The van der Waals surface area contributed by atoms with E-state index in [-0.39, 0.29) is 30.7 Å². The molecular formula is C13H14ClN3O3. The normalized spacial score (nSPS) is 18.5. The Hall–Kier alpha value is -1.92. The number of hydrogen-bond acceptors (Lipinski definition) is 4. The molecule has 6 nitrogen and oxygen atoms in total. The number of hydrogen-bond donors (Lipinski definition) is 2. The van der Waals surface area contributed by atoms with Crippen LogP contribution in [0.25, 0.3) is 0 Å². The van der Waals surface area contributed by atoms with Gasteiger partial charge in [-0.2, -0.15) is 0 Å². The summed E-state index contributed by atoms with van der Waals surface area (Å²) in [6, 6.07) is 6.07. The van der Waals surface area contributed by atoms with Crippen molar-refractivity contribution in [1.29, 1.82) is 0 Å². The Kier molecular flexibility index (Phi) is 4.36. The van der Waals surface area contributed by atoms with E-state index in [2.05, 4.69) is 10.6 Å². The van der Waals surface area contributed by atoms with E-state index in [9.17, 15) is 14.4 Å². The van der Waals surface area contributed by atoms with E-state index in [1.807, 2.05) is 0 Å². The summed E-state index contributed by atoms with van der Waals surface area (Å²) < 4.78 is 0. The quantitative estimate of drug-likeness (QED) is 0.799. The second-order valence-corrected chi connectivity index (χ2v) is 4.92. The first-order valence-corrected chi connectivity index (χ1v) is 6.44. The van der Waals surface area contributed by atoms with Gasteiger partial charge in [0.05, 0.1) is 19.0 Å². The Balaban J connectivity index is 1.82. The molecule has 1 aliphatic rings. The van der Waals surface area contributed by atoms with Crippen molar-refractivity contribution in [3.05, 3.63) is 29.3 Å². The third-order valence-corrected chi connectivity index (χ3v) is 3.27. The van der Waals surface area contributed by atoms with E-state index in [4.69, 9.17) is 11.6 Å². The van der Waals surface area contributed by atoms with E-state index in [0.717, 1.165) is 4.90 Å². The summed E-state index contributed by atoms with van der Waals surface area (Å²) in [7, 11) is 1.43. The number of benzene rings is 1. The van der Waals surface area contributed by atoms with E-state index >= 15 is 0 Å². The van der Waals surface area contributed by atoms with Crippen molar-refractivity contribution in [3.8, 4) is 0 Å². The summed E-state index contributed by atoms with van der Waals surface area (Å²) in [4.78, 5) is 35.7. The van der Waals surface area contributed by atoms with E-state index in [1.54, 1.807) is 24.3 Å². The molecule has 106 valence electrons. The summed E-state index contributed by atoms with van der Waals surface area (Å²) in [6.45, 7) is -0.0415. The Morgan fingerprint density at radius 1 is 1.35 bits per heavy atom. The lowest BCUT2D eigenvalue weighted by molar-refractivity contribution is -0.137. The molecule has 0 spiro atoms. The minimum Gasteiger partial charge on any atom is -0.325 e. The van der Waals surface area contributed by atoms with Gasteiger partial charge >= 0.3 is 0 Å². The SMILES string of the molecule is CN1C(=O)CC(NCC(=O)Nc2ccc(Cl)cc2)C1=O. The number of imide groups is 1. The van der Waals surface area contributed by atoms with Gasteiger partial charge in [-0.1, -0.05) is 11.6 Å². The van der Waals surface area contributed by atoms with Crippen molar-refractivity contribution in [2.24, 2.45) is 0 Å². The van der Waals surface area contributed by atoms with Crippen LogP contribution in [0.2, 0.25) is 5.02 Å². The lowest BCUT2D eigenvalue weighted by Crippen LogP contribution is -2.41. The fourth-order valence-electron chi connectivity index (χ4n) is 1.87. The van der Waals surface area contributed by atoms with Gasteiger partial charge in [0.2, 0.25) is 17.7 Å². The molecule has 1 saturated heterocycles. The second-order valence-electron chi connectivity index (χ2n) is 4.48. The Bertz CT molecular complexity index is 544. The first-order chi connectivity index (χ1) is 9.47. The molecule has 0 aromatic heterocycles. The third kappa shape index (κ3) is 3.34. The molecule has 1 fully saturated rings. The topological polar surface area (TPSA) is 78.5 Å². The summed E-state index contributed by atoms with van der Waals surface area (Å²) >= 11 is 5.74. The average molecular weight is 296 g/mol. The zero-order valence-electron chi connectivity index (χ0n) is 10.9. The highest BCUT2D eigenvalue weighted by molar-refractivity contribution is 6.30. The molecule has 0 radical (unpaired) electrons. The number of likely N-dealkylation sites (tertiary alicyclic amines) is 1. The van der Waals surface area contributed by atoms with Gasteiger partial charge in [0, 0.05) is 17.8 Å². The lowest BCUT2D eigenvalue weighted by Gasteiger charge is -2.11. The molecule has 3 amide bonds. The highest BCUT2D eigenvalue weighted by Gasteiger charge is 2.35. The van der Waals surface area contributed by atoms with Gasteiger partial charge in [0.1, 0.15) is 0 Å². The van der Waals surface area contributed by atoms with Crippen molar-refractivity contribution in [3.63, 3.8) is 0 Å². The van der Waals surface area contributed by atoms with E-state index in [0.29, 0.717) is 10.7 Å². The Morgan fingerprint density at radius 2 is 2.00 bits per heavy atom. The molecule has 1 aromatic carbocycles. The fourth-order valence-corrected chi connectivity index (χ4v) is 2.00. The molecular weight excluding hydrogens is 282 g/mol. The van der Waals surface area contributed by atoms with Crippen LogP contribution < -0.4 is 10.6 Å². The Morgan fingerprint density at radius 3 is 2.55 bits per heavy atom. The van der Waals surface area contributed by atoms with Gasteiger partial charge in [0.25, 0.3) is 0 Å². The number of nitrogens with one attached hydrogen (secondary N) is 2. The van der Waals surface area contributed by atoms with Crippen LogP contribution in [-0.2, 0) is 14.4 Å². The van der Waals surface area contributed by atoms with Crippen LogP contribution in [0.5, 0.6) is 0 Å². The number of carbonyl (C=O) groups is 3. The Labute approximate surface area is 121 Å². The summed E-state index contributed by atoms with van der Waals surface area (Å²) in [5.74, 6) is -0.845. The first kappa shape index (κ1) is 14.5. The van der Waals surface area contributed by atoms with Gasteiger partial charge in [-0.15, -0.1) is 0 Å². The van der Waals surface area contributed by atoms with Gasteiger partial charge in [-0.05, 0) is 24.3 Å². The number of amides is 3. The van der Waals surface area contributed by atoms with Gasteiger partial charge < -0.3 is 5.32 Å². The van der Waals surface area contributed by atoms with E-state index < -0.39 is 6.04 Å². The molecule has 20 heavy (non-hydrogen) atoms. The molecule has 2 N–H and O–H groups in total. The predicted molar refractivity (Wildman–Crippen MR) is 74.3 cm³/mol. The zero-order chi connectivity index (χ0) is 14.7. The number of anilines is 1. The standard InChI is InChI=1S/C13H14ClN3O3/c1-17-12(19)6-10(13(17)20)15-7-11(18)16-9-4-2-8(14)3-5-9/h2-5,10,15H,6-7H2,1H3,(H,16,18). The van der Waals surface area contributed by atoms with Crippen LogP contribution in [0.3, 0.4) is 0 Å². The molecule has 1 aliphatic heterocycles. The van der Waals surface area contributed by atoms with Gasteiger partial charge in [-0.3, -0.25) is 24.6 Å². The molecule has 0 aliphatic carbocycles. The zero-order valence-corrected chi connectivity index (χ0v) is 11.6. The maximum absolute atomic E-state index is 11.7. The maximum atomic E-state index is 11.7. The fraction of sp³-hybridized carbons (Fsp3) is 0.308. The number of nitrogens with zero attached hydrogens (tertiary/aromatic N) is 1. The molecule has 1 atom stereocenters. The summed E-state index contributed by atoms with van der Waals surface area (Å²) in [5.41, 5.74) is 0.618. The molecule has 2 rings (SSSR count). The predicted octanol–water partition coefficient (Wildman–Crippen LogP) is 0.625. The summed E-state index contributed by atoms with van der Waals surface area (Å²) in [6.07, 6.45) is 0.0869. The molecule has 1 aromatic rings. The highest BCUT2D eigenvalue weighted by atomic mass is 35.5. The maximum Gasteiger partial charge on any atom is 0.246 e. The molecule has 0 saturated carbocycles. The number of rotatable bonds is 4. The van der Waals surface area contributed by atoms with Crippen molar-refractivity contribution in [1.82, 2.24) is 10.2 Å². The number of halogens is 1. The minimum atomic E-state index is -0.622. The van der Waals surface area contributed by atoms with Crippen LogP contribution in [0, 0.1) is 0 Å². The van der Waals surface area contributed by atoms with Gasteiger partial charge in [0.15, 0.2) is 0 Å². The summed E-state index contributed by atoms with van der Waals surface area (Å²) in [5, 5.41) is 6.02. The molecule has 1 heterocycles. The van der Waals surface area contributed by atoms with E-state index in [1.165, 1.54) is 7.05 Å². The number of likely N-dealkylation sites (N-methyl/N-ethyl adjacent to an activating group) is 1. The third-order valence-electron chi connectivity index (χ3n) is 3.02. The smallest absolute Gasteiger partial charge is 0.246 e. The van der Waals surface area contributed by atoms with Crippen molar-refractivity contribution < 1.29 is 14.4 Å². The van der Waals surface area contributed by atoms with Crippen LogP contribution in [0.1, 0.15) is 6.42 Å². The van der Waals surface area contributed by atoms with Crippen LogP contribution in [0.4, 0.5) is 5.69 Å². The molecule has 1 unspecified atom stereocenters. The second kappa shape index (κ2) is 6.02. The van der Waals surface area contributed by atoms with Crippen LogP contribution >= 0.6 is 11.6 Å². The molecule has 0 bridgehead atoms. The van der Waals surface area contributed by atoms with Crippen LogP contribution in [-0.4, -0.2) is 42.3 Å². The first-order valence-electron chi connectivity index (χ1n) is 6.06. The number of carbonyl (C=O) groups excluding carboxylic acids is 3. The average Bonchev–Trinajstić information content (AvgIpc) is 2.66. The van der Waals surface area contributed by atoms with Crippen molar-refractivity contribution in [2.75, 3.05) is 18.9 Å². The highest BCUT2D eigenvalue weighted by Crippen LogP contribution is 2.13. The van der Waals surface area contributed by atoms with Crippen molar-refractivity contribution in [2.45, 2.75) is 12.5 Å². The van der Waals surface area contributed by atoms with Crippen molar-refractivity contribution >= 4 is 35.0 Å². The molecule has 7 heteroatoms.